The molecule has 0 radical (unpaired) electrons. The van der Waals surface area contributed by atoms with Gasteiger partial charge in [-0.05, 0) is 13.5 Å². The van der Waals surface area contributed by atoms with Gasteiger partial charge in [-0.3, -0.25) is 0 Å². The van der Waals surface area contributed by atoms with E-state index < -0.39 is 9.84 Å². The van der Waals surface area contributed by atoms with Crippen LogP contribution in [0.1, 0.15) is 20.3 Å². The Balaban J connectivity index is 4.08. The number of nitrogens with zero attached hydrogens (tertiary/aromatic N) is 1. The van der Waals surface area contributed by atoms with Crippen LogP contribution >= 0.6 is 0 Å². The van der Waals surface area contributed by atoms with Gasteiger partial charge in [0.05, 0.1) is 5.75 Å². The van der Waals surface area contributed by atoms with Gasteiger partial charge in [0, 0.05) is 31.4 Å². The van der Waals surface area contributed by atoms with Crippen molar-refractivity contribution in [1.29, 1.82) is 0 Å². The van der Waals surface area contributed by atoms with Gasteiger partial charge < -0.3 is 10.0 Å². The average molecular weight is 237 g/mol. The van der Waals surface area contributed by atoms with Crippen LogP contribution in [0, 0.1) is 5.41 Å². The highest BCUT2D eigenvalue weighted by molar-refractivity contribution is 7.90. The molecular weight excluding hydrogens is 214 g/mol. The second-order valence-corrected chi connectivity index (χ2v) is 6.95. The van der Waals surface area contributed by atoms with Crippen LogP contribution in [0.4, 0.5) is 0 Å². The summed E-state index contributed by atoms with van der Waals surface area (Å²) < 4.78 is 21.9. The van der Waals surface area contributed by atoms with Crippen molar-refractivity contribution in [3.63, 3.8) is 0 Å². The summed E-state index contributed by atoms with van der Waals surface area (Å²) in [5, 5.41) is 9.22. The normalized spacial score (nSPS) is 16.7. The lowest BCUT2D eigenvalue weighted by Gasteiger charge is -2.31. The van der Waals surface area contributed by atoms with Crippen LogP contribution in [-0.4, -0.2) is 57.2 Å². The predicted octanol–water partition coefficient (Wildman–Crippen LogP) is 0.371. The summed E-state index contributed by atoms with van der Waals surface area (Å²) in [5.41, 5.74) is -0.133. The number of aliphatic hydroxyl groups is 1. The second kappa shape index (κ2) is 5.82. The molecule has 0 bridgehead atoms. The lowest BCUT2D eigenvalue weighted by atomic mass is 9.88. The molecule has 0 aromatic carbocycles. The summed E-state index contributed by atoms with van der Waals surface area (Å²) in [6.45, 7) is 5.40. The van der Waals surface area contributed by atoms with E-state index >= 15 is 0 Å². The van der Waals surface area contributed by atoms with Crippen molar-refractivity contribution in [2.75, 3.05) is 38.8 Å². The fourth-order valence-corrected chi connectivity index (χ4v) is 1.97. The molecule has 0 saturated heterocycles. The molecular formula is C10H23NO3S. The smallest absolute Gasteiger partial charge is 0.148 e. The third kappa shape index (κ3) is 6.87. The molecule has 1 unspecified atom stereocenters. The monoisotopic (exact) mass is 237 g/mol. The first-order chi connectivity index (χ1) is 6.72. The summed E-state index contributed by atoms with van der Waals surface area (Å²) in [6.07, 6.45) is 2.12. The van der Waals surface area contributed by atoms with Crippen LogP contribution in [-0.2, 0) is 9.84 Å². The molecule has 0 aliphatic carbocycles. The lowest BCUT2D eigenvalue weighted by molar-refractivity contribution is 0.0980. The molecule has 0 aliphatic heterocycles. The van der Waals surface area contributed by atoms with Gasteiger partial charge >= 0.3 is 0 Å². The van der Waals surface area contributed by atoms with Gasteiger partial charge in [-0.15, -0.1) is 0 Å². The van der Waals surface area contributed by atoms with E-state index in [1.807, 2.05) is 25.8 Å². The molecule has 0 rings (SSSR count). The van der Waals surface area contributed by atoms with Crippen LogP contribution in [0.3, 0.4) is 0 Å². The van der Waals surface area contributed by atoms with E-state index in [2.05, 4.69) is 0 Å². The van der Waals surface area contributed by atoms with Crippen LogP contribution < -0.4 is 0 Å². The summed E-state index contributed by atoms with van der Waals surface area (Å²) in [5.74, 6) is 0.175. The lowest BCUT2D eigenvalue weighted by Crippen LogP contribution is -2.37. The Bertz CT molecular complexity index is 270. The van der Waals surface area contributed by atoms with Crippen LogP contribution in [0.15, 0.2) is 0 Å². The molecule has 5 heteroatoms. The fourth-order valence-electron chi connectivity index (χ4n) is 1.33. The Morgan fingerprint density at radius 1 is 1.40 bits per heavy atom. The molecule has 0 saturated carbocycles. The molecule has 0 aromatic rings. The van der Waals surface area contributed by atoms with Crippen molar-refractivity contribution < 1.29 is 13.5 Å². The SMILES string of the molecule is CCC(C)(CO)CN(C)CCS(C)(=O)=O. The third-order valence-corrected chi connectivity index (χ3v) is 3.65. The Morgan fingerprint density at radius 2 is 1.93 bits per heavy atom. The van der Waals surface area contributed by atoms with E-state index in [9.17, 15) is 13.5 Å². The van der Waals surface area contributed by atoms with Gasteiger partial charge in [0.25, 0.3) is 0 Å². The third-order valence-electron chi connectivity index (χ3n) is 2.73. The molecule has 15 heavy (non-hydrogen) atoms. The Hall–Kier alpha value is -0.130. The molecule has 0 fully saturated rings. The molecule has 0 aliphatic rings. The highest BCUT2D eigenvalue weighted by Crippen LogP contribution is 2.20. The van der Waals surface area contributed by atoms with Gasteiger partial charge in [0.1, 0.15) is 9.84 Å². The van der Waals surface area contributed by atoms with Gasteiger partial charge in [0.2, 0.25) is 0 Å². The Labute approximate surface area is 93.2 Å². The number of sulfone groups is 1. The largest absolute Gasteiger partial charge is 0.396 e. The van der Waals surface area contributed by atoms with Gasteiger partial charge in [-0.1, -0.05) is 13.8 Å². The zero-order chi connectivity index (χ0) is 12.1. The molecule has 92 valence electrons. The van der Waals surface area contributed by atoms with E-state index in [1.165, 1.54) is 6.26 Å². The van der Waals surface area contributed by atoms with Gasteiger partial charge in [0.15, 0.2) is 0 Å². The van der Waals surface area contributed by atoms with Crippen molar-refractivity contribution >= 4 is 9.84 Å². The topological polar surface area (TPSA) is 57.6 Å². The van der Waals surface area contributed by atoms with Crippen LogP contribution in [0.25, 0.3) is 0 Å². The highest BCUT2D eigenvalue weighted by Gasteiger charge is 2.23. The van der Waals surface area contributed by atoms with Crippen molar-refractivity contribution in [3.8, 4) is 0 Å². The van der Waals surface area contributed by atoms with E-state index in [-0.39, 0.29) is 17.8 Å². The van der Waals surface area contributed by atoms with Gasteiger partial charge in [-0.25, -0.2) is 8.42 Å². The zero-order valence-corrected chi connectivity index (χ0v) is 11.0. The van der Waals surface area contributed by atoms with Crippen molar-refractivity contribution in [3.05, 3.63) is 0 Å². The van der Waals surface area contributed by atoms with Crippen molar-refractivity contribution in [2.45, 2.75) is 20.3 Å². The fraction of sp³-hybridized carbons (Fsp3) is 1.00. The molecule has 0 aromatic heterocycles. The summed E-state index contributed by atoms with van der Waals surface area (Å²) >= 11 is 0. The maximum Gasteiger partial charge on any atom is 0.148 e. The molecule has 0 spiro atoms. The standard InChI is InChI=1S/C10H23NO3S/c1-5-10(2,9-12)8-11(3)6-7-15(4,13)14/h12H,5-9H2,1-4H3. The number of hydrogen-bond donors (Lipinski definition) is 1. The number of hydrogen-bond acceptors (Lipinski definition) is 4. The van der Waals surface area contributed by atoms with E-state index in [1.54, 1.807) is 0 Å². The van der Waals surface area contributed by atoms with Crippen LogP contribution in [0.2, 0.25) is 0 Å². The summed E-state index contributed by atoms with van der Waals surface area (Å²) in [7, 11) is -1.01. The minimum Gasteiger partial charge on any atom is -0.396 e. The quantitative estimate of drug-likeness (QED) is 0.695. The predicted molar refractivity (Wildman–Crippen MR) is 62.7 cm³/mol. The number of aliphatic hydroxyl groups excluding tert-OH is 1. The van der Waals surface area contributed by atoms with E-state index in [0.717, 1.165) is 13.0 Å². The van der Waals surface area contributed by atoms with E-state index in [0.29, 0.717) is 6.54 Å². The number of rotatable bonds is 7. The second-order valence-electron chi connectivity index (χ2n) is 4.69. The zero-order valence-electron chi connectivity index (χ0n) is 10.2. The van der Waals surface area contributed by atoms with Crippen molar-refractivity contribution in [2.24, 2.45) is 5.41 Å². The maximum absolute atomic E-state index is 11.0. The van der Waals surface area contributed by atoms with Gasteiger partial charge in [-0.2, -0.15) is 0 Å². The minimum atomic E-state index is -2.89. The van der Waals surface area contributed by atoms with Crippen LogP contribution in [0.5, 0.6) is 0 Å². The first-order valence-electron chi connectivity index (χ1n) is 5.19. The molecule has 1 atom stereocenters. The first-order valence-corrected chi connectivity index (χ1v) is 7.25. The summed E-state index contributed by atoms with van der Waals surface area (Å²) in [4.78, 5) is 1.96. The molecule has 1 N–H and O–H groups in total. The first kappa shape index (κ1) is 14.9. The molecule has 0 heterocycles. The van der Waals surface area contributed by atoms with E-state index in [4.69, 9.17) is 0 Å². The maximum atomic E-state index is 11.0. The molecule has 4 nitrogen and oxygen atoms in total. The van der Waals surface area contributed by atoms with Crippen molar-refractivity contribution in [1.82, 2.24) is 4.90 Å². The average Bonchev–Trinajstić information content (AvgIpc) is 2.13. The minimum absolute atomic E-state index is 0.132. The highest BCUT2D eigenvalue weighted by atomic mass is 32.2. The molecule has 0 amide bonds. The Kier molecular flexibility index (Phi) is 5.77. The Morgan fingerprint density at radius 3 is 2.27 bits per heavy atom. The summed E-state index contributed by atoms with van der Waals surface area (Å²) in [6, 6.07) is 0.